The largest absolute Gasteiger partial charge is 0.858 e. The van der Waals surface area contributed by atoms with Gasteiger partial charge in [0.05, 0.1) is 28.7 Å². The minimum absolute atomic E-state index is 0.164. The number of aliphatic imine (C=N–C) groups is 2. The van der Waals surface area contributed by atoms with Crippen molar-refractivity contribution in [1.29, 1.82) is 0 Å². The summed E-state index contributed by atoms with van der Waals surface area (Å²) in [6, 6.07) is 14.9. The second kappa shape index (κ2) is 10.2. The summed E-state index contributed by atoms with van der Waals surface area (Å²) < 4.78 is 11.5. The van der Waals surface area contributed by atoms with E-state index in [1.165, 1.54) is 0 Å². The monoisotopic (exact) mass is 486 g/mol. The van der Waals surface area contributed by atoms with Gasteiger partial charge in [0.25, 0.3) is 5.96 Å². The van der Waals surface area contributed by atoms with Crippen molar-refractivity contribution in [2.75, 3.05) is 7.05 Å². The average Bonchev–Trinajstić information content (AvgIpc) is 3.68. The van der Waals surface area contributed by atoms with Gasteiger partial charge in [0.15, 0.2) is 0 Å². The van der Waals surface area contributed by atoms with Gasteiger partial charge in [-0.2, -0.15) is 0 Å². The van der Waals surface area contributed by atoms with Crippen LogP contribution >= 0.6 is 11.3 Å². The average molecular weight is 487 g/mol. The van der Waals surface area contributed by atoms with Crippen LogP contribution in [0.25, 0.3) is 21.7 Å². The number of hydrazine groups is 2. The van der Waals surface area contributed by atoms with Crippen molar-refractivity contribution in [1.82, 2.24) is 21.5 Å². The van der Waals surface area contributed by atoms with Crippen molar-refractivity contribution in [2.24, 2.45) is 15.1 Å². The molecule has 4 aromatic rings. The Bertz CT molecular complexity index is 1380. The minimum atomic E-state index is -0.411. The van der Waals surface area contributed by atoms with Crippen molar-refractivity contribution >= 4 is 29.4 Å². The van der Waals surface area contributed by atoms with Crippen LogP contribution in [0.5, 0.6) is 5.88 Å². The molecule has 0 bridgehead atoms. The van der Waals surface area contributed by atoms with E-state index >= 15 is 0 Å². The maximum Gasteiger partial charge on any atom is 0.256 e. The highest BCUT2D eigenvalue weighted by atomic mass is 32.1. The number of hydrogen-bond acceptors (Lipinski definition) is 11. The van der Waals surface area contributed by atoms with Gasteiger partial charge in [-0.25, -0.2) is 15.5 Å². The topological polar surface area (TPSA) is 131 Å². The number of nitrogens with zero attached hydrogens (tertiary/aromatic N) is 4. The van der Waals surface area contributed by atoms with Crippen LogP contribution in [0.15, 0.2) is 85.9 Å². The number of pyridine rings is 1. The Morgan fingerprint density at radius 3 is 2.80 bits per heavy atom. The van der Waals surface area contributed by atoms with E-state index in [0.717, 1.165) is 32.8 Å². The maximum atomic E-state index is 12.3. The highest BCUT2D eigenvalue weighted by Crippen LogP contribution is 2.35. The molecule has 0 saturated heterocycles. The zero-order chi connectivity index (χ0) is 24.0. The Hall–Kier alpha value is -4.48. The minimum Gasteiger partial charge on any atom is -0.858 e. The molecule has 0 atom stereocenters. The lowest BCUT2D eigenvalue weighted by Gasteiger charge is -2.14. The number of hydrogen-bond donors (Lipinski definition) is 3. The predicted molar refractivity (Wildman–Crippen MR) is 133 cm³/mol. The van der Waals surface area contributed by atoms with Gasteiger partial charge in [-0.05, 0) is 40.6 Å². The molecule has 176 valence electrons. The summed E-state index contributed by atoms with van der Waals surface area (Å²) in [5.74, 6) is 0.210. The number of aromatic nitrogens is 1. The molecule has 3 N–H and O–H groups in total. The zero-order valence-corrected chi connectivity index (χ0v) is 19.4. The molecule has 0 spiro atoms. The van der Waals surface area contributed by atoms with Crippen LogP contribution < -0.4 is 26.3 Å². The van der Waals surface area contributed by atoms with E-state index < -0.39 is 5.90 Å². The van der Waals surface area contributed by atoms with E-state index in [9.17, 15) is 5.11 Å². The summed E-state index contributed by atoms with van der Waals surface area (Å²) in [4.78, 5) is 13.9. The Balaban J connectivity index is 1.42. The molecule has 35 heavy (non-hydrogen) atoms. The van der Waals surface area contributed by atoms with Gasteiger partial charge >= 0.3 is 0 Å². The van der Waals surface area contributed by atoms with Crippen molar-refractivity contribution in [3.63, 3.8) is 0 Å². The number of benzene rings is 1. The third-order valence-electron chi connectivity index (χ3n) is 5.06. The fraction of sp³-hybridized carbons (Fsp3) is 0.0833. The molecule has 0 radical (unpaired) electrons. The Kier molecular flexibility index (Phi) is 6.50. The summed E-state index contributed by atoms with van der Waals surface area (Å²) in [6.45, 7) is 0.254. The van der Waals surface area contributed by atoms with Gasteiger partial charge in [-0.15, -0.1) is 22.0 Å². The van der Waals surface area contributed by atoms with Crippen LogP contribution in [-0.4, -0.2) is 30.1 Å². The Labute approximate surface area is 204 Å². The van der Waals surface area contributed by atoms with Crippen LogP contribution in [0.3, 0.4) is 0 Å². The molecule has 1 aliphatic heterocycles. The lowest BCUT2D eigenvalue weighted by atomic mass is 10.0. The first kappa shape index (κ1) is 22.3. The van der Waals surface area contributed by atoms with Gasteiger partial charge in [0.2, 0.25) is 5.88 Å². The first-order valence-electron chi connectivity index (χ1n) is 10.6. The molecule has 0 aliphatic carbocycles. The fourth-order valence-corrected chi connectivity index (χ4v) is 4.09. The van der Waals surface area contributed by atoms with E-state index in [1.807, 2.05) is 41.8 Å². The molecule has 10 nitrogen and oxygen atoms in total. The van der Waals surface area contributed by atoms with Crippen LogP contribution in [0.1, 0.15) is 16.7 Å². The van der Waals surface area contributed by atoms with Gasteiger partial charge in [0, 0.05) is 24.4 Å². The maximum absolute atomic E-state index is 12.3. The number of furan rings is 1. The highest BCUT2D eigenvalue weighted by molar-refractivity contribution is 7.13. The van der Waals surface area contributed by atoms with Crippen molar-refractivity contribution in [2.45, 2.75) is 6.61 Å². The number of guanidine groups is 1. The third kappa shape index (κ3) is 5.05. The van der Waals surface area contributed by atoms with Gasteiger partial charge in [-0.1, -0.05) is 30.3 Å². The highest BCUT2D eigenvalue weighted by Gasteiger charge is 2.17. The lowest BCUT2D eigenvalue weighted by molar-refractivity contribution is -0.212. The normalized spacial score (nSPS) is 13.5. The molecular formula is C24H20N7O3S-. The van der Waals surface area contributed by atoms with E-state index in [-0.39, 0.29) is 12.6 Å². The predicted octanol–water partition coefficient (Wildman–Crippen LogP) is 2.69. The molecule has 0 unspecified atom stereocenters. The second-order valence-corrected chi connectivity index (χ2v) is 8.30. The standard InChI is InChI=1S/C24H21N7O3S/c1-25-12-19-18(17-8-9-33-14-17)11-20(21-3-2-10-35-21)26-23(19)34-13-15-4-6-16(7-5-15)22(32)27-24-28-30-31-29-24/h2-12,14,30-31H,13H2,1H3,(H2,27,28,29,32)/p-1. The summed E-state index contributed by atoms with van der Waals surface area (Å²) in [5, 5.41) is 18.1. The van der Waals surface area contributed by atoms with Crippen molar-refractivity contribution < 1.29 is 14.3 Å². The van der Waals surface area contributed by atoms with E-state index in [4.69, 9.17) is 14.1 Å². The smallest absolute Gasteiger partial charge is 0.256 e. The summed E-state index contributed by atoms with van der Waals surface area (Å²) in [6.07, 6.45) is 5.05. The first-order chi connectivity index (χ1) is 17.2. The Morgan fingerprint density at radius 2 is 2.11 bits per heavy atom. The van der Waals surface area contributed by atoms with Crippen LogP contribution in [-0.2, 0) is 6.61 Å². The molecule has 4 heterocycles. The lowest BCUT2D eigenvalue weighted by Crippen LogP contribution is -2.35. The molecule has 0 fully saturated rings. The van der Waals surface area contributed by atoms with Gasteiger partial charge in [-0.3, -0.25) is 10.4 Å². The van der Waals surface area contributed by atoms with Gasteiger partial charge in [0.1, 0.15) is 6.61 Å². The SMILES string of the molecule is CN=Cc1c(-c2ccoc2)cc(-c2cccs2)nc1OCc1ccc(C([O-])=NC2=NNNN2)cc1. The van der Waals surface area contributed by atoms with E-state index in [0.29, 0.717) is 11.4 Å². The number of rotatable bonds is 7. The molecule has 0 amide bonds. The molecular weight excluding hydrogens is 466 g/mol. The summed E-state index contributed by atoms with van der Waals surface area (Å²) in [5.41, 5.74) is 12.3. The Morgan fingerprint density at radius 1 is 1.23 bits per heavy atom. The fourth-order valence-electron chi connectivity index (χ4n) is 3.40. The zero-order valence-electron chi connectivity index (χ0n) is 18.6. The first-order valence-corrected chi connectivity index (χ1v) is 11.4. The number of hydrazone groups is 1. The van der Waals surface area contributed by atoms with Gasteiger partial charge < -0.3 is 14.3 Å². The number of thiophene rings is 1. The molecule has 0 saturated carbocycles. The van der Waals surface area contributed by atoms with Crippen LogP contribution in [0, 0.1) is 0 Å². The second-order valence-electron chi connectivity index (χ2n) is 7.35. The number of nitrogens with one attached hydrogen (secondary N) is 3. The van der Waals surface area contributed by atoms with Crippen LogP contribution in [0.2, 0.25) is 0 Å². The van der Waals surface area contributed by atoms with Crippen molar-refractivity contribution in [3.05, 3.63) is 83.1 Å². The van der Waals surface area contributed by atoms with E-state index in [2.05, 4.69) is 31.6 Å². The quantitative estimate of drug-likeness (QED) is 0.270. The molecule has 1 aromatic carbocycles. The summed E-state index contributed by atoms with van der Waals surface area (Å²) >= 11 is 1.60. The molecule has 3 aromatic heterocycles. The van der Waals surface area contributed by atoms with Crippen molar-refractivity contribution in [3.8, 4) is 27.6 Å². The third-order valence-corrected chi connectivity index (χ3v) is 5.96. The molecule has 11 heteroatoms. The molecule has 5 rings (SSSR count). The number of ether oxygens (including phenoxy) is 1. The summed E-state index contributed by atoms with van der Waals surface area (Å²) in [7, 11) is 1.70. The van der Waals surface area contributed by atoms with Crippen LogP contribution in [0.4, 0.5) is 0 Å². The van der Waals surface area contributed by atoms with E-state index in [1.54, 1.807) is 49.3 Å². The molecule has 1 aliphatic rings.